The smallest absolute Gasteiger partial charge is 0.0482 e. The minimum Gasteiger partial charge on any atom is -0.396 e. The number of unbranched alkanes of at least 4 members (excludes halogenated alkanes) is 2. The van der Waals surface area contributed by atoms with Crippen LogP contribution in [0.4, 0.5) is 0 Å². The highest BCUT2D eigenvalue weighted by Gasteiger charge is 2.00. The van der Waals surface area contributed by atoms with Gasteiger partial charge in [-0.15, -0.1) is 0 Å². The molecule has 0 aliphatic rings. The first-order chi connectivity index (χ1) is 7.81. The average molecular weight is 217 g/mol. The van der Waals surface area contributed by atoms with Crippen LogP contribution in [0, 0.1) is 6.92 Å². The Hall–Kier alpha value is -1.28. The third-order valence-corrected chi connectivity index (χ3v) is 2.99. The van der Waals surface area contributed by atoms with Gasteiger partial charge in [0.25, 0.3) is 0 Å². The Bertz CT molecular complexity index is 459. The van der Waals surface area contributed by atoms with Crippen molar-refractivity contribution in [1.82, 2.24) is 4.57 Å². The molecule has 0 saturated carbocycles. The molecule has 2 rings (SSSR count). The maximum Gasteiger partial charge on any atom is 0.0482 e. The van der Waals surface area contributed by atoms with Gasteiger partial charge in [0.1, 0.15) is 0 Å². The Morgan fingerprint density at radius 1 is 1.12 bits per heavy atom. The first kappa shape index (κ1) is 11.2. The van der Waals surface area contributed by atoms with Crippen LogP contribution in [0.1, 0.15) is 24.8 Å². The fourth-order valence-electron chi connectivity index (χ4n) is 2.06. The molecule has 1 aromatic heterocycles. The van der Waals surface area contributed by atoms with Gasteiger partial charge in [0.2, 0.25) is 0 Å². The predicted molar refractivity (Wildman–Crippen MR) is 67.6 cm³/mol. The molecule has 0 aliphatic carbocycles. The molecule has 1 N–H and O–H groups in total. The van der Waals surface area contributed by atoms with E-state index in [4.69, 9.17) is 5.11 Å². The Kier molecular flexibility index (Phi) is 3.62. The number of aryl methyl sites for hydroxylation is 2. The van der Waals surface area contributed by atoms with Crippen LogP contribution >= 0.6 is 0 Å². The van der Waals surface area contributed by atoms with Gasteiger partial charge in [-0.05, 0) is 49.3 Å². The molecule has 0 fully saturated rings. The molecule has 0 radical (unpaired) electrons. The van der Waals surface area contributed by atoms with Gasteiger partial charge in [0, 0.05) is 24.9 Å². The molecule has 16 heavy (non-hydrogen) atoms. The second-order valence-electron chi connectivity index (χ2n) is 4.36. The van der Waals surface area contributed by atoms with Crippen LogP contribution in [0.15, 0.2) is 30.5 Å². The lowest BCUT2D eigenvalue weighted by Gasteiger charge is -2.05. The molecule has 0 amide bonds. The summed E-state index contributed by atoms with van der Waals surface area (Å²) in [4.78, 5) is 0. The minimum atomic E-state index is 0.311. The molecule has 2 heteroatoms. The summed E-state index contributed by atoms with van der Waals surface area (Å²) in [6, 6.07) is 8.73. The van der Waals surface area contributed by atoms with Crippen LogP contribution < -0.4 is 0 Å². The van der Waals surface area contributed by atoms with Gasteiger partial charge in [-0.3, -0.25) is 0 Å². The zero-order valence-corrected chi connectivity index (χ0v) is 9.82. The summed E-state index contributed by atoms with van der Waals surface area (Å²) in [6.07, 6.45) is 5.31. The second-order valence-corrected chi connectivity index (χ2v) is 4.36. The van der Waals surface area contributed by atoms with Crippen LogP contribution in [0.25, 0.3) is 10.9 Å². The molecule has 2 aromatic rings. The van der Waals surface area contributed by atoms with Crippen molar-refractivity contribution < 1.29 is 5.11 Å². The third kappa shape index (κ3) is 2.45. The summed E-state index contributed by atoms with van der Waals surface area (Å²) in [6.45, 7) is 3.49. The fraction of sp³-hybridized carbons (Fsp3) is 0.429. The summed E-state index contributed by atoms with van der Waals surface area (Å²) in [5.41, 5.74) is 2.63. The number of aromatic nitrogens is 1. The van der Waals surface area contributed by atoms with E-state index >= 15 is 0 Å². The SMILES string of the molecule is Cc1ccc2ccn(CCCCCO)c2c1. The van der Waals surface area contributed by atoms with E-state index in [0.29, 0.717) is 6.61 Å². The van der Waals surface area contributed by atoms with E-state index in [-0.39, 0.29) is 0 Å². The lowest BCUT2D eigenvalue weighted by atomic mass is 10.2. The van der Waals surface area contributed by atoms with Crippen molar-refractivity contribution in [2.75, 3.05) is 6.61 Å². The van der Waals surface area contributed by atoms with Gasteiger partial charge in [0.05, 0.1) is 0 Å². The maximum absolute atomic E-state index is 8.72. The molecule has 86 valence electrons. The van der Waals surface area contributed by atoms with E-state index in [1.165, 1.54) is 16.5 Å². The lowest BCUT2D eigenvalue weighted by Crippen LogP contribution is -1.96. The van der Waals surface area contributed by atoms with E-state index in [9.17, 15) is 0 Å². The highest BCUT2D eigenvalue weighted by atomic mass is 16.2. The van der Waals surface area contributed by atoms with Gasteiger partial charge in [0.15, 0.2) is 0 Å². The van der Waals surface area contributed by atoms with Crippen molar-refractivity contribution in [1.29, 1.82) is 0 Å². The van der Waals surface area contributed by atoms with E-state index in [1.54, 1.807) is 0 Å². The Morgan fingerprint density at radius 3 is 2.81 bits per heavy atom. The van der Waals surface area contributed by atoms with Crippen molar-refractivity contribution in [2.45, 2.75) is 32.7 Å². The van der Waals surface area contributed by atoms with Crippen LogP contribution in [0.5, 0.6) is 0 Å². The standard InChI is InChI=1S/C14H19NO/c1-12-5-6-13-7-9-15(14(13)11-12)8-3-2-4-10-16/h5-7,9,11,16H,2-4,8,10H2,1H3. The summed E-state index contributed by atoms with van der Waals surface area (Å²) < 4.78 is 2.31. The van der Waals surface area contributed by atoms with E-state index in [1.807, 2.05) is 0 Å². The quantitative estimate of drug-likeness (QED) is 0.765. The third-order valence-electron chi connectivity index (χ3n) is 2.99. The van der Waals surface area contributed by atoms with Crippen LogP contribution in [0.2, 0.25) is 0 Å². The van der Waals surface area contributed by atoms with Crippen LogP contribution in [-0.4, -0.2) is 16.3 Å². The molecule has 0 atom stereocenters. The number of aliphatic hydroxyl groups excluding tert-OH is 1. The van der Waals surface area contributed by atoms with Gasteiger partial charge < -0.3 is 9.67 Å². The number of nitrogens with zero attached hydrogens (tertiary/aromatic N) is 1. The minimum absolute atomic E-state index is 0.311. The van der Waals surface area contributed by atoms with Crippen LogP contribution in [0.3, 0.4) is 0 Å². The Balaban J connectivity index is 2.09. The molecular weight excluding hydrogens is 198 g/mol. The van der Waals surface area contributed by atoms with Gasteiger partial charge in [-0.1, -0.05) is 12.1 Å². The molecule has 0 bridgehead atoms. The summed E-state index contributed by atoms with van der Waals surface area (Å²) in [7, 11) is 0. The van der Waals surface area contributed by atoms with Crippen molar-refractivity contribution in [3.05, 3.63) is 36.0 Å². The molecule has 1 aromatic carbocycles. The first-order valence-electron chi connectivity index (χ1n) is 5.97. The number of benzene rings is 1. The normalized spacial score (nSPS) is 11.1. The Morgan fingerprint density at radius 2 is 2.00 bits per heavy atom. The molecular formula is C14H19NO. The monoisotopic (exact) mass is 217 g/mol. The molecule has 1 heterocycles. The number of aliphatic hydroxyl groups is 1. The fourth-order valence-corrected chi connectivity index (χ4v) is 2.06. The first-order valence-corrected chi connectivity index (χ1v) is 5.97. The molecule has 0 saturated heterocycles. The molecule has 0 aliphatic heterocycles. The second kappa shape index (κ2) is 5.17. The zero-order valence-electron chi connectivity index (χ0n) is 9.82. The van der Waals surface area contributed by atoms with Gasteiger partial charge >= 0.3 is 0 Å². The molecule has 2 nitrogen and oxygen atoms in total. The highest BCUT2D eigenvalue weighted by Crippen LogP contribution is 2.18. The van der Waals surface area contributed by atoms with E-state index in [0.717, 1.165) is 25.8 Å². The maximum atomic E-state index is 8.72. The predicted octanol–water partition coefficient (Wildman–Crippen LogP) is 3.11. The largest absolute Gasteiger partial charge is 0.396 e. The van der Waals surface area contributed by atoms with Crippen molar-refractivity contribution in [3.8, 4) is 0 Å². The molecule has 0 spiro atoms. The Labute approximate surface area is 96.5 Å². The van der Waals surface area contributed by atoms with Crippen molar-refractivity contribution in [3.63, 3.8) is 0 Å². The van der Waals surface area contributed by atoms with Gasteiger partial charge in [-0.25, -0.2) is 0 Å². The summed E-state index contributed by atoms with van der Waals surface area (Å²) >= 11 is 0. The number of hydrogen-bond acceptors (Lipinski definition) is 1. The van der Waals surface area contributed by atoms with Crippen molar-refractivity contribution in [2.24, 2.45) is 0 Å². The van der Waals surface area contributed by atoms with E-state index < -0.39 is 0 Å². The lowest BCUT2D eigenvalue weighted by molar-refractivity contribution is 0.282. The van der Waals surface area contributed by atoms with Crippen molar-refractivity contribution >= 4 is 10.9 Å². The topological polar surface area (TPSA) is 25.2 Å². The number of hydrogen-bond donors (Lipinski definition) is 1. The number of rotatable bonds is 5. The average Bonchev–Trinajstić information content (AvgIpc) is 2.67. The molecule has 0 unspecified atom stereocenters. The van der Waals surface area contributed by atoms with Crippen LogP contribution in [-0.2, 0) is 6.54 Å². The summed E-state index contributed by atoms with van der Waals surface area (Å²) in [5.74, 6) is 0. The van der Waals surface area contributed by atoms with Gasteiger partial charge in [-0.2, -0.15) is 0 Å². The highest BCUT2D eigenvalue weighted by molar-refractivity contribution is 5.80. The van der Waals surface area contributed by atoms with E-state index in [2.05, 4.69) is 42.0 Å². The number of fused-ring (bicyclic) bond motifs is 1. The summed E-state index contributed by atoms with van der Waals surface area (Å²) in [5, 5.41) is 10.0. The zero-order chi connectivity index (χ0) is 11.4.